The summed E-state index contributed by atoms with van der Waals surface area (Å²) in [6.45, 7) is 1.66. The van der Waals surface area contributed by atoms with Crippen molar-refractivity contribution in [2.45, 2.75) is 38.1 Å². The lowest BCUT2D eigenvalue weighted by Gasteiger charge is -2.31. The van der Waals surface area contributed by atoms with Gasteiger partial charge in [0.05, 0.1) is 4.92 Å². The molecule has 2 unspecified atom stereocenters. The first-order valence-corrected chi connectivity index (χ1v) is 7.37. The molecule has 3 N–H and O–H groups in total. The van der Waals surface area contributed by atoms with Crippen LogP contribution in [0.4, 0.5) is 5.69 Å². The number of nitro groups is 1. The molecule has 0 aromatic heterocycles. The van der Waals surface area contributed by atoms with Gasteiger partial charge >= 0.3 is 0 Å². The summed E-state index contributed by atoms with van der Waals surface area (Å²) in [6, 6.07) is 7.34. The molecule has 110 valence electrons. The molecular formula is C15H23N3O2. The molecule has 5 heteroatoms. The molecule has 0 amide bonds. The zero-order valence-electron chi connectivity index (χ0n) is 11.8. The van der Waals surface area contributed by atoms with Crippen LogP contribution in [0.5, 0.6) is 0 Å². The molecule has 0 saturated heterocycles. The molecule has 2 rings (SSSR count). The summed E-state index contributed by atoms with van der Waals surface area (Å²) < 4.78 is 0. The molecule has 1 aliphatic carbocycles. The van der Waals surface area contributed by atoms with Gasteiger partial charge in [-0.3, -0.25) is 10.1 Å². The van der Waals surface area contributed by atoms with Gasteiger partial charge < -0.3 is 11.1 Å². The van der Waals surface area contributed by atoms with E-state index in [0.29, 0.717) is 12.0 Å². The molecule has 0 aliphatic heterocycles. The second-order valence-corrected chi connectivity index (χ2v) is 5.51. The number of nitrogens with two attached hydrogens (primary N) is 1. The van der Waals surface area contributed by atoms with Gasteiger partial charge in [0.25, 0.3) is 5.69 Å². The van der Waals surface area contributed by atoms with Crippen molar-refractivity contribution in [2.75, 3.05) is 13.1 Å². The summed E-state index contributed by atoms with van der Waals surface area (Å²) in [5.41, 5.74) is 7.10. The molecule has 1 aliphatic rings. The Morgan fingerprint density at radius 1 is 1.25 bits per heavy atom. The average Bonchev–Trinajstić information content (AvgIpc) is 2.48. The van der Waals surface area contributed by atoms with Crippen LogP contribution in [0.15, 0.2) is 24.3 Å². The Kier molecular flexibility index (Phi) is 5.49. The van der Waals surface area contributed by atoms with Gasteiger partial charge in [0.15, 0.2) is 0 Å². The van der Waals surface area contributed by atoms with Gasteiger partial charge in [-0.05, 0) is 43.8 Å². The predicted molar refractivity (Wildman–Crippen MR) is 79.6 cm³/mol. The lowest BCUT2D eigenvalue weighted by molar-refractivity contribution is -0.384. The molecule has 1 aromatic rings. The smallest absolute Gasteiger partial charge is 0.269 e. The summed E-state index contributed by atoms with van der Waals surface area (Å²) in [5.74, 6) is 0.598. The standard InChI is InChI=1S/C15H23N3O2/c16-11-13-3-1-2-4-15(13)17-10-9-12-5-7-14(8-6-12)18(19)20/h5-8,13,15,17H,1-4,9-11,16H2. The maximum absolute atomic E-state index is 10.6. The molecule has 1 aromatic carbocycles. The number of nitro benzene ring substituents is 1. The van der Waals surface area contributed by atoms with Crippen LogP contribution in [0.1, 0.15) is 31.2 Å². The van der Waals surface area contributed by atoms with Crippen molar-refractivity contribution in [2.24, 2.45) is 11.7 Å². The normalized spacial score (nSPS) is 22.6. The van der Waals surface area contributed by atoms with Gasteiger partial charge in [0.1, 0.15) is 0 Å². The van der Waals surface area contributed by atoms with E-state index in [1.165, 1.54) is 25.7 Å². The molecule has 5 nitrogen and oxygen atoms in total. The molecule has 20 heavy (non-hydrogen) atoms. The Hall–Kier alpha value is -1.46. The minimum absolute atomic E-state index is 0.150. The molecule has 1 fully saturated rings. The maximum Gasteiger partial charge on any atom is 0.269 e. The fourth-order valence-corrected chi connectivity index (χ4v) is 2.94. The number of nitrogens with zero attached hydrogens (tertiary/aromatic N) is 1. The molecule has 0 bridgehead atoms. The van der Waals surface area contributed by atoms with Crippen LogP contribution in [0, 0.1) is 16.0 Å². The van der Waals surface area contributed by atoms with Crippen LogP contribution in [0.25, 0.3) is 0 Å². The third-order valence-corrected chi connectivity index (χ3v) is 4.18. The number of hydrogen-bond donors (Lipinski definition) is 2. The van der Waals surface area contributed by atoms with Crippen molar-refractivity contribution in [3.8, 4) is 0 Å². The highest BCUT2D eigenvalue weighted by atomic mass is 16.6. The fraction of sp³-hybridized carbons (Fsp3) is 0.600. The number of benzene rings is 1. The van der Waals surface area contributed by atoms with Crippen LogP contribution < -0.4 is 11.1 Å². The third kappa shape index (κ3) is 4.02. The van der Waals surface area contributed by atoms with Gasteiger partial charge in [-0.15, -0.1) is 0 Å². The van der Waals surface area contributed by atoms with E-state index in [0.717, 1.165) is 25.1 Å². The lowest BCUT2D eigenvalue weighted by atomic mass is 9.84. The van der Waals surface area contributed by atoms with Crippen LogP contribution in [-0.2, 0) is 6.42 Å². The van der Waals surface area contributed by atoms with Crippen molar-refractivity contribution in [1.82, 2.24) is 5.32 Å². The second-order valence-electron chi connectivity index (χ2n) is 5.51. The third-order valence-electron chi connectivity index (χ3n) is 4.18. The van der Waals surface area contributed by atoms with Gasteiger partial charge in [-0.1, -0.05) is 25.0 Å². The Labute approximate surface area is 119 Å². The van der Waals surface area contributed by atoms with Crippen LogP contribution in [0.3, 0.4) is 0 Å². The summed E-state index contributed by atoms with van der Waals surface area (Å²) >= 11 is 0. The van der Waals surface area contributed by atoms with Gasteiger partial charge in [0, 0.05) is 18.2 Å². The highest BCUT2D eigenvalue weighted by molar-refractivity contribution is 5.32. The Morgan fingerprint density at radius 3 is 2.60 bits per heavy atom. The molecule has 0 spiro atoms. The number of hydrogen-bond acceptors (Lipinski definition) is 4. The first kappa shape index (κ1) is 14.9. The highest BCUT2D eigenvalue weighted by Gasteiger charge is 2.22. The molecule has 0 heterocycles. The minimum atomic E-state index is -0.365. The second kappa shape index (κ2) is 7.36. The zero-order valence-corrected chi connectivity index (χ0v) is 11.8. The fourth-order valence-electron chi connectivity index (χ4n) is 2.94. The lowest BCUT2D eigenvalue weighted by Crippen LogP contribution is -2.42. The molecular weight excluding hydrogens is 254 g/mol. The molecule has 0 radical (unpaired) electrons. The largest absolute Gasteiger partial charge is 0.330 e. The van der Waals surface area contributed by atoms with Gasteiger partial charge in [-0.2, -0.15) is 0 Å². The average molecular weight is 277 g/mol. The predicted octanol–water partition coefficient (Wildman–Crippen LogP) is 2.24. The summed E-state index contributed by atoms with van der Waals surface area (Å²) in [4.78, 5) is 10.2. The topological polar surface area (TPSA) is 81.2 Å². The van der Waals surface area contributed by atoms with Crippen molar-refractivity contribution >= 4 is 5.69 Å². The summed E-state index contributed by atoms with van der Waals surface area (Å²) in [6.07, 6.45) is 5.91. The van der Waals surface area contributed by atoms with Crippen LogP contribution >= 0.6 is 0 Å². The van der Waals surface area contributed by atoms with E-state index in [4.69, 9.17) is 5.73 Å². The number of nitrogens with one attached hydrogen (secondary N) is 1. The maximum atomic E-state index is 10.6. The van der Waals surface area contributed by atoms with Gasteiger partial charge in [0.2, 0.25) is 0 Å². The zero-order chi connectivity index (χ0) is 14.4. The van der Waals surface area contributed by atoms with E-state index in [1.807, 2.05) is 12.1 Å². The van der Waals surface area contributed by atoms with Crippen molar-refractivity contribution < 1.29 is 4.92 Å². The van der Waals surface area contributed by atoms with Crippen LogP contribution in [0.2, 0.25) is 0 Å². The van der Waals surface area contributed by atoms with E-state index in [-0.39, 0.29) is 10.6 Å². The van der Waals surface area contributed by atoms with E-state index in [9.17, 15) is 10.1 Å². The highest BCUT2D eigenvalue weighted by Crippen LogP contribution is 2.23. The monoisotopic (exact) mass is 277 g/mol. The molecule has 1 saturated carbocycles. The van der Waals surface area contributed by atoms with Gasteiger partial charge in [-0.25, -0.2) is 0 Å². The van der Waals surface area contributed by atoms with E-state index in [2.05, 4.69) is 5.32 Å². The Morgan fingerprint density at radius 2 is 1.95 bits per heavy atom. The Bertz CT molecular complexity index is 433. The number of rotatable bonds is 6. The first-order chi connectivity index (χ1) is 9.70. The van der Waals surface area contributed by atoms with Crippen molar-refractivity contribution in [3.63, 3.8) is 0 Å². The minimum Gasteiger partial charge on any atom is -0.330 e. The van der Waals surface area contributed by atoms with Crippen molar-refractivity contribution in [3.05, 3.63) is 39.9 Å². The van der Waals surface area contributed by atoms with Crippen LogP contribution in [-0.4, -0.2) is 24.1 Å². The van der Waals surface area contributed by atoms with E-state index in [1.54, 1.807) is 12.1 Å². The quantitative estimate of drug-likeness (QED) is 0.617. The summed E-state index contributed by atoms with van der Waals surface area (Å²) in [7, 11) is 0. The SMILES string of the molecule is NCC1CCCCC1NCCc1ccc([N+](=O)[O-])cc1. The van der Waals surface area contributed by atoms with E-state index < -0.39 is 0 Å². The van der Waals surface area contributed by atoms with Crippen molar-refractivity contribution in [1.29, 1.82) is 0 Å². The van der Waals surface area contributed by atoms with E-state index >= 15 is 0 Å². The molecule has 2 atom stereocenters. The summed E-state index contributed by atoms with van der Waals surface area (Å²) in [5, 5.41) is 14.2. The first-order valence-electron chi connectivity index (χ1n) is 7.37. The number of non-ortho nitro benzene ring substituents is 1. The Balaban J connectivity index is 1.78.